The van der Waals surface area contributed by atoms with Gasteiger partial charge in [-0.1, -0.05) is 207 Å². The summed E-state index contributed by atoms with van der Waals surface area (Å²) in [5.41, 5.74) is 17.5. The molecule has 0 nitrogen and oxygen atoms in total. The Bertz CT molecular complexity index is 3990. The van der Waals surface area contributed by atoms with Crippen LogP contribution >= 0.6 is 0 Å². The minimum Gasteiger partial charge on any atom is -0.0984 e. The predicted molar refractivity (Wildman–Crippen MR) is 282 cm³/mol. The summed E-state index contributed by atoms with van der Waals surface area (Å²) in [5, 5.41) is 18.4. The van der Waals surface area contributed by atoms with Gasteiger partial charge >= 0.3 is 0 Å². The molecule has 0 bridgehead atoms. The van der Waals surface area contributed by atoms with E-state index in [0.717, 1.165) is 5.56 Å². The van der Waals surface area contributed by atoms with Crippen molar-refractivity contribution in [1.82, 2.24) is 0 Å². The highest BCUT2D eigenvalue weighted by atomic mass is 14.4. The second kappa shape index (κ2) is 13.6. The van der Waals surface area contributed by atoms with Crippen LogP contribution in [-0.2, 0) is 0 Å². The van der Waals surface area contributed by atoms with Crippen molar-refractivity contribution < 1.29 is 0 Å². The van der Waals surface area contributed by atoms with Gasteiger partial charge in [0.1, 0.15) is 0 Å². The number of benzene rings is 11. The summed E-state index contributed by atoms with van der Waals surface area (Å²) in [6, 6.07) is 72.6. The van der Waals surface area contributed by atoms with Gasteiger partial charge in [-0.2, -0.15) is 0 Å². The first kappa shape index (κ1) is 36.2. The lowest BCUT2D eigenvalue weighted by atomic mass is 9.80. The smallest absolute Gasteiger partial charge is 0.000741 e. The minimum absolute atomic E-state index is 1.16. The number of allylic oxidation sites excluding steroid dienone is 1. The Labute approximate surface area is 377 Å². The first-order chi connectivity index (χ1) is 32.2. The van der Waals surface area contributed by atoms with E-state index in [0.29, 0.717) is 0 Å². The van der Waals surface area contributed by atoms with Crippen molar-refractivity contribution in [3.8, 4) is 66.8 Å². The van der Waals surface area contributed by atoms with Gasteiger partial charge < -0.3 is 0 Å². The van der Waals surface area contributed by atoms with Crippen LogP contribution < -0.4 is 0 Å². The highest BCUT2D eigenvalue weighted by molar-refractivity contribution is 6.43. The molecule has 0 N–H and O–H groups in total. The maximum Gasteiger partial charge on any atom is -0.000741 e. The van der Waals surface area contributed by atoms with Crippen molar-refractivity contribution in [2.24, 2.45) is 0 Å². The Balaban J connectivity index is 1.18. The molecule has 0 radical (unpaired) electrons. The highest BCUT2D eigenvalue weighted by Gasteiger charge is 2.34. The van der Waals surface area contributed by atoms with Crippen LogP contribution in [0.1, 0.15) is 18.1 Å². The summed E-state index contributed by atoms with van der Waals surface area (Å²) in [7, 11) is 0. The van der Waals surface area contributed by atoms with E-state index in [-0.39, 0.29) is 0 Å². The molecule has 0 aromatic heterocycles. The van der Waals surface area contributed by atoms with Crippen molar-refractivity contribution in [3.05, 3.63) is 218 Å². The van der Waals surface area contributed by atoms with Gasteiger partial charge in [0.2, 0.25) is 0 Å². The van der Waals surface area contributed by atoms with Crippen LogP contribution in [0, 0.1) is 0 Å². The summed E-state index contributed by atoms with van der Waals surface area (Å²) >= 11 is 0. The minimum atomic E-state index is 1.16. The molecular formula is C65H40. The van der Waals surface area contributed by atoms with Crippen LogP contribution in [0.3, 0.4) is 0 Å². The van der Waals surface area contributed by atoms with E-state index in [4.69, 9.17) is 0 Å². The van der Waals surface area contributed by atoms with Crippen LogP contribution in [0.5, 0.6) is 0 Å². The van der Waals surface area contributed by atoms with Crippen molar-refractivity contribution in [2.45, 2.75) is 6.92 Å². The summed E-state index contributed by atoms with van der Waals surface area (Å²) in [4.78, 5) is 0. The second-order valence-corrected chi connectivity index (χ2v) is 17.7. The Hall–Kier alpha value is -8.32. The molecule has 0 aliphatic heterocycles. The lowest BCUT2D eigenvalue weighted by molar-refractivity contribution is 1.54. The zero-order valence-electron chi connectivity index (χ0n) is 35.9. The van der Waals surface area contributed by atoms with Crippen molar-refractivity contribution >= 4 is 87.6 Å². The molecule has 13 aromatic rings. The Morgan fingerprint density at radius 2 is 0.738 bits per heavy atom. The van der Waals surface area contributed by atoms with Crippen LogP contribution in [-0.4, -0.2) is 0 Å². The van der Waals surface area contributed by atoms with Crippen molar-refractivity contribution in [2.75, 3.05) is 0 Å². The molecule has 300 valence electrons. The fourth-order valence-electron chi connectivity index (χ4n) is 12.1. The van der Waals surface area contributed by atoms with E-state index < -0.39 is 0 Å². The third kappa shape index (κ3) is 4.81. The Morgan fingerprint density at radius 1 is 0.308 bits per heavy atom. The molecule has 1 aliphatic carbocycles. The molecule has 65 heavy (non-hydrogen) atoms. The standard InChI is InChI=1S/C65H40/c1-3-19-44-43(4-2)56(39-20-9-5-10-21-39)64-49-34-32-45-51-36-53-54(37-52(51)46-33-35-50(61(49)60(45)46)65(64)57(44)40-22-11-6-12-23-40)59(42-26-15-8-16-27-42)63-48-31-18-29-38-28-17-30-47(55(38)48)62(63)58(53)41-24-13-7-14-25-41/h3-37H,2H2,1H3/b19-3-. The topological polar surface area (TPSA) is 0 Å². The Kier molecular flexibility index (Phi) is 7.57. The van der Waals surface area contributed by atoms with Gasteiger partial charge in [-0.3, -0.25) is 0 Å². The highest BCUT2D eigenvalue weighted by Crippen LogP contribution is 2.60. The van der Waals surface area contributed by atoms with E-state index in [1.165, 1.54) is 148 Å². The summed E-state index contributed by atoms with van der Waals surface area (Å²) in [6.45, 7) is 6.60. The zero-order chi connectivity index (χ0) is 42.9. The summed E-state index contributed by atoms with van der Waals surface area (Å²) in [6.07, 6.45) is 6.54. The molecule has 1 aliphatic rings. The van der Waals surface area contributed by atoms with Crippen molar-refractivity contribution in [3.63, 3.8) is 0 Å². The number of hydrogen-bond acceptors (Lipinski definition) is 0. The molecule has 0 saturated heterocycles. The van der Waals surface area contributed by atoms with Crippen LogP contribution in [0.4, 0.5) is 0 Å². The molecule has 0 unspecified atom stereocenters. The van der Waals surface area contributed by atoms with E-state index in [9.17, 15) is 0 Å². The Morgan fingerprint density at radius 3 is 1.17 bits per heavy atom. The molecule has 0 spiro atoms. The van der Waals surface area contributed by atoms with E-state index >= 15 is 0 Å². The third-order valence-corrected chi connectivity index (χ3v) is 14.5. The van der Waals surface area contributed by atoms with Crippen LogP contribution in [0.15, 0.2) is 207 Å². The first-order valence-corrected chi connectivity index (χ1v) is 22.8. The maximum absolute atomic E-state index is 4.48. The maximum atomic E-state index is 4.48. The fourth-order valence-corrected chi connectivity index (χ4v) is 12.1. The monoisotopic (exact) mass is 820 g/mol. The molecule has 0 amide bonds. The zero-order valence-corrected chi connectivity index (χ0v) is 35.9. The van der Waals surface area contributed by atoms with Gasteiger partial charge in [-0.25, -0.2) is 0 Å². The molecule has 14 rings (SSSR count). The quantitative estimate of drug-likeness (QED) is 0.157. The van der Waals surface area contributed by atoms with Gasteiger partial charge in [0, 0.05) is 0 Å². The molecular weight excluding hydrogens is 781 g/mol. The first-order valence-electron chi connectivity index (χ1n) is 22.8. The molecule has 0 heteroatoms. The number of fused-ring (bicyclic) bond motifs is 10. The van der Waals surface area contributed by atoms with Gasteiger partial charge in [0.15, 0.2) is 0 Å². The van der Waals surface area contributed by atoms with Crippen LogP contribution in [0.2, 0.25) is 0 Å². The van der Waals surface area contributed by atoms with E-state index in [1.54, 1.807) is 0 Å². The molecule has 13 aromatic carbocycles. The fraction of sp³-hybridized carbons (Fsp3) is 0.0154. The third-order valence-electron chi connectivity index (χ3n) is 14.5. The SMILES string of the molecule is C=Cc1c(/C=C\C)c(-c2ccccc2)c2c(c1-c1ccccc1)-c1ccc3c4cc5c(-c6ccccc6)c6c7cccc8cccc(c6c(-c6ccccc6)c5cc4c4ccc-2c1c34)c87. The lowest BCUT2D eigenvalue weighted by Gasteiger charge is -2.22. The summed E-state index contributed by atoms with van der Waals surface area (Å²) in [5.74, 6) is 0. The molecule has 0 saturated carbocycles. The van der Waals surface area contributed by atoms with Gasteiger partial charge in [0.25, 0.3) is 0 Å². The molecule has 0 atom stereocenters. The van der Waals surface area contributed by atoms with E-state index in [1.807, 2.05) is 0 Å². The van der Waals surface area contributed by atoms with E-state index in [2.05, 4.69) is 226 Å². The van der Waals surface area contributed by atoms with Gasteiger partial charge in [0.05, 0.1) is 0 Å². The lowest BCUT2D eigenvalue weighted by Crippen LogP contribution is -1.98. The predicted octanol–water partition coefficient (Wildman–Crippen LogP) is 18.6. The normalized spacial score (nSPS) is 12.4. The average molecular weight is 821 g/mol. The van der Waals surface area contributed by atoms with Gasteiger partial charge in [-0.05, 0) is 172 Å². The summed E-state index contributed by atoms with van der Waals surface area (Å²) < 4.78 is 0. The molecule has 0 heterocycles. The second-order valence-electron chi connectivity index (χ2n) is 17.7. The van der Waals surface area contributed by atoms with Crippen molar-refractivity contribution in [1.29, 1.82) is 0 Å². The number of hydrogen-bond donors (Lipinski definition) is 0. The molecule has 0 fully saturated rings. The number of rotatable bonds is 6. The largest absolute Gasteiger partial charge is 0.0984 e. The van der Waals surface area contributed by atoms with Crippen LogP contribution in [0.25, 0.3) is 154 Å². The van der Waals surface area contributed by atoms with Gasteiger partial charge in [-0.15, -0.1) is 0 Å². The average Bonchev–Trinajstić information content (AvgIpc) is 3.99.